The molecule has 1 aromatic carbocycles. The Kier molecular flexibility index (Phi) is 2.66. The molecule has 0 atom stereocenters. The summed E-state index contributed by atoms with van der Waals surface area (Å²) in [7, 11) is -4.41. The molecule has 84 valence electrons. The molecule has 0 aliphatic rings. The number of rotatable bonds is 1. The second-order valence-corrected chi connectivity index (χ2v) is 4.33. The Balaban J connectivity index is 3.55. The fourth-order valence-electron chi connectivity index (χ4n) is 1.02. The average molecular weight is 240 g/mol. The third-order valence-corrected chi connectivity index (χ3v) is 2.58. The predicted molar refractivity (Wildman–Crippen MR) is 47.2 cm³/mol. The zero-order chi connectivity index (χ0) is 11.9. The zero-order valence-corrected chi connectivity index (χ0v) is 8.06. The van der Waals surface area contributed by atoms with Crippen LogP contribution in [0.3, 0.4) is 0 Å². The van der Waals surface area contributed by atoms with Crippen LogP contribution in [0, 0.1) is 0 Å². The molecule has 1 rings (SSSR count). The summed E-state index contributed by atoms with van der Waals surface area (Å²) in [5, 5.41) is 4.64. The highest BCUT2D eigenvalue weighted by atomic mass is 32.2. The van der Waals surface area contributed by atoms with Gasteiger partial charge in [-0.05, 0) is 18.2 Å². The maximum atomic E-state index is 12.4. The highest BCUT2D eigenvalue weighted by Gasteiger charge is 2.36. The first kappa shape index (κ1) is 11.8. The van der Waals surface area contributed by atoms with Crippen molar-refractivity contribution < 1.29 is 21.6 Å². The molecule has 4 N–H and O–H groups in total. The summed E-state index contributed by atoms with van der Waals surface area (Å²) in [5.74, 6) is 0. The van der Waals surface area contributed by atoms with Crippen LogP contribution in [-0.2, 0) is 16.2 Å². The molecule has 0 aliphatic heterocycles. The zero-order valence-electron chi connectivity index (χ0n) is 7.25. The molecule has 0 radical (unpaired) electrons. The molecule has 4 nitrogen and oxygen atoms in total. The quantitative estimate of drug-likeness (QED) is 0.716. The van der Waals surface area contributed by atoms with Crippen molar-refractivity contribution in [2.45, 2.75) is 11.1 Å². The van der Waals surface area contributed by atoms with E-state index in [4.69, 9.17) is 5.73 Å². The van der Waals surface area contributed by atoms with Crippen molar-refractivity contribution in [1.82, 2.24) is 0 Å². The van der Waals surface area contributed by atoms with Gasteiger partial charge in [-0.1, -0.05) is 0 Å². The number of nitrogen functional groups attached to an aromatic ring is 1. The van der Waals surface area contributed by atoms with Gasteiger partial charge in [0.1, 0.15) is 0 Å². The van der Waals surface area contributed by atoms with Crippen molar-refractivity contribution in [3.63, 3.8) is 0 Å². The van der Waals surface area contributed by atoms with Crippen LogP contribution in [0.2, 0.25) is 0 Å². The van der Waals surface area contributed by atoms with Crippen molar-refractivity contribution in [2.75, 3.05) is 5.73 Å². The fourth-order valence-corrected chi connectivity index (χ4v) is 1.76. The number of halogens is 3. The normalized spacial score (nSPS) is 12.8. The predicted octanol–water partition coefficient (Wildman–Crippen LogP) is 0.935. The number of primary sulfonamides is 1. The molecule has 0 heterocycles. The minimum Gasteiger partial charge on any atom is -0.399 e. The van der Waals surface area contributed by atoms with Gasteiger partial charge in [0, 0.05) is 5.69 Å². The van der Waals surface area contributed by atoms with Crippen molar-refractivity contribution in [3.05, 3.63) is 23.8 Å². The number of benzene rings is 1. The SMILES string of the molecule is Nc1ccc(S(N)(=O)=O)c(C(F)(F)F)c1. The van der Waals surface area contributed by atoms with Gasteiger partial charge in [0.15, 0.2) is 0 Å². The molecule has 0 fully saturated rings. The maximum Gasteiger partial charge on any atom is 0.417 e. The summed E-state index contributed by atoms with van der Waals surface area (Å²) in [6.45, 7) is 0. The van der Waals surface area contributed by atoms with Gasteiger partial charge >= 0.3 is 6.18 Å². The molecule has 0 aromatic heterocycles. The van der Waals surface area contributed by atoms with Gasteiger partial charge in [-0.25, -0.2) is 13.6 Å². The van der Waals surface area contributed by atoms with Crippen molar-refractivity contribution in [1.29, 1.82) is 0 Å². The lowest BCUT2D eigenvalue weighted by molar-refractivity contribution is -0.139. The van der Waals surface area contributed by atoms with E-state index in [1.54, 1.807) is 0 Å². The molecule has 0 bridgehead atoms. The number of hydrogen-bond acceptors (Lipinski definition) is 3. The molecular weight excluding hydrogens is 233 g/mol. The van der Waals surface area contributed by atoms with Crippen molar-refractivity contribution in [2.24, 2.45) is 5.14 Å². The first-order valence-corrected chi connectivity index (χ1v) is 5.16. The summed E-state index contributed by atoms with van der Waals surface area (Å²) in [6.07, 6.45) is -4.81. The molecule has 0 amide bonds. The Morgan fingerprint density at radius 1 is 1.20 bits per heavy atom. The molecule has 0 unspecified atom stereocenters. The van der Waals surface area contributed by atoms with Gasteiger partial charge in [-0.15, -0.1) is 0 Å². The molecule has 0 saturated carbocycles. The Hall–Kier alpha value is -1.28. The van der Waals surface area contributed by atoms with Crippen LogP contribution in [0.4, 0.5) is 18.9 Å². The Morgan fingerprint density at radius 3 is 2.13 bits per heavy atom. The van der Waals surface area contributed by atoms with E-state index in [1.807, 2.05) is 0 Å². The fraction of sp³-hybridized carbons (Fsp3) is 0.143. The van der Waals surface area contributed by atoms with Crippen LogP contribution < -0.4 is 10.9 Å². The Labute approximate surface area is 83.7 Å². The number of nitrogens with two attached hydrogens (primary N) is 2. The summed E-state index contributed by atoms with van der Waals surface area (Å²) in [6, 6.07) is 2.29. The first-order chi connectivity index (χ1) is 6.62. The monoisotopic (exact) mass is 240 g/mol. The molecule has 0 spiro atoms. The van der Waals surface area contributed by atoms with Crippen LogP contribution in [0.25, 0.3) is 0 Å². The third-order valence-electron chi connectivity index (χ3n) is 1.62. The van der Waals surface area contributed by atoms with Gasteiger partial charge in [0.25, 0.3) is 0 Å². The van der Waals surface area contributed by atoms with E-state index in [1.165, 1.54) is 0 Å². The molecule has 0 aliphatic carbocycles. The summed E-state index contributed by atoms with van der Waals surface area (Å²) in [4.78, 5) is -0.982. The minimum atomic E-state index is -4.81. The van der Waals surface area contributed by atoms with E-state index in [0.29, 0.717) is 6.07 Å². The second kappa shape index (κ2) is 3.38. The van der Waals surface area contributed by atoms with Crippen LogP contribution >= 0.6 is 0 Å². The van der Waals surface area contributed by atoms with Crippen LogP contribution in [0.1, 0.15) is 5.56 Å². The number of anilines is 1. The van der Waals surface area contributed by atoms with Crippen LogP contribution in [0.5, 0.6) is 0 Å². The van der Waals surface area contributed by atoms with Gasteiger partial charge in [0.05, 0.1) is 10.5 Å². The highest BCUT2D eigenvalue weighted by molar-refractivity contribution is 7.89. The lowest BCUT2D eigenvalue weighted by atomic mass is 10.2. The lowest BCUT2D eigenvalue weighted by Gasteiger charge is -2.11. The number of hydrogen-bond donors (Lipinski definition) is 2. The van der Waals surface area contributed by atoms with E-state index >= 15 is 0 Å². The van der Waals surface area contributed by atoms with E-state index in [-0.39, 0.29) is 5.69 Å². The highest BCUT2D eigenvalue weighted by Crippen LogP contribution is 2.34. The molecular formula is C7H7F3N2O2S. The number of alkyl halides is 3. The topological polar surface area (TPSA) is 86.2 Å². The second-order valence-electron chi connectivity index (χ2n) is 2.80. The third kappa shape index (κ3) is 2.60. The van der Waals surface area contributed by atoms with Gasteiger partial charge in [0.2, 0.25) is 10.0 Å². The number of sulfonamides is 1. The summed E-state index contributed by atoms with van der Waals surface area (Å²) < 4.78 is 58.8. The maximum absolute atomic E-state index is 12.4. The van der Waals surface area contributed by atoms with Crippen LogP contribution in [-0.4, -0.2) is 8.42 Å². The van der Waals surface area contributed by atoms with E-state index in [0.717, 1.165) is 12.1 Å². The molecule has 1 aromatic rings. The van der Waals surface area contributed by atoms with E-state index in [9.17, 15) is 21.6 Å². The molecule has 0 saturated heterocycles. The summed E-state index contributed by atoms with van der Waals surface area (Å²) >= 11 is 0. The first-order valence-electron chi connectivity index (χ1n) is 3.62. The lowest BCUT2D eigenvalue weighted by Crippen LogP contribution is -2.19. The minimum absolute atomic E-state index is 0.185. The molecule has 15 heavy (non-hydrogen) atoms. The van der Waals surface area contributed by atoms with Gasteiger partial charge < -0.3 is 5.73 Å². The summed E-state index contributed by atoms with van der Waals surface area (Å²) in [5.41, 5.74) is 3.59. The smallest absolute Gasteiger partial charge is 0.399 e. The van der Waals surface area contributed by atoms with Gasteiger partial charge in [-0.3, -0.25) is 0 Å². The Morgan fingerprint density at radius 2 is 1.73 bits per heavy atom. The standard InChI is InChI=1S/C7H7F3N2O2S/c8-7(9,10)5-3-4(11)1-2-6(5)15(12,13)14/h1-3H,11H2,(H2,12,13,14). The molecule has 8 heteroatoms. The van der Waals surface area contributed by atoms with Crippen LogP contribution in [0.15, 0.2) is 23.1 Å². The van der Waals surface area contributed by atoms with Gasteiger partial charge in [-0.2, -0.15) is 13.2 Å². The van der Waals surface area contributed by atoms with Crippen molar-refractivity contribution >= 4 is 15.7 Å². The van der Waals surface area contributed by atoms with Crippen molar-refractivity contribution in [3.8, 4) is 0 Å². The average Bonchev–Trinajstić information content (AvgIpc) is 2.00. The van der Waals surface area contributed by atoms with E-state index < -0.39 is 26.7 Å². The van der Waals surface area contributed by atoms with E-state index in [2.05, 4.69) is 5.14 Å². The Bertz CT molecular complexity index is 481. The largest absolute Gasteiger partial charge is 0.417 e.